The first-order valence-electron chi connectivity index (χ1n) is 13.8. The third-order valence-electron chi connectivity index (χ3n) is 7.23. The monoisotopic (exact) mass is 770 g/mol. The molecular weight excluding hydrogens is 754 g/mol. The van der Waals surface area contributed by atoms with E-state index in [1.807, 2.05) is 0 Å². The van der Waals surface area contributed by atoms with Crippen molar-refractivity contribution in [2.45, 2.75) is 14.7 Å². The lowest BCUT2D eigenvalue weighted by molar-refractivity contribution is 0.0980. The highest BCUT2D eigenvalue weighted by atomic mass is 35.5. The summed E-state index contributed by atoms with van der Waals surface area (Å²) in [5, 5.41) is 7.35. The van der Waals surface area contributed by atoms with Gasteiger partial charge in [0.05, 0.1) is 42.9 Å². The van der Waals surface area contributed by atoms with Crippen LogP contribution in [0, 0.1) is 0 Å². The van der Waals surface area contributed by atoms with Crippen LogP contribution >= 0.6 is 11.6 Å². The molecule has 0 saturated carbocycles. The number of nitrogens with two attached hydrogens (primary N) is 1. The fourth-order valence-electron chi connectivity index (χ4n) is 5.12. The molecule has 0 unspecified atom stereocenters. The first kappa shape index (κ1) is 35.3. The molecule has 0 aliphatic heterocycles. The number of halogens is 1. The Labute approximate surface area is 293 Å². The van der Waals surface area contributed by atoms with E-state index in [-0.39, 0.29) is 39.7 Å². The number of rotatable bonds is 9. The third-order valence-corrected chi connectivity index (χ3v) is 10.0. The molecule has 5 aromatic rings. The van der Waals surface area contributed by atoms with Crippen molar-refractivity contribution in [3.05, 3.63) is 100 Å². The number of nitrogen functional groups attached to an aromatic ring is 1. The topological polar surface area (TPSA) is 307 Å². The number of nitrogens with zero attached hydrogens (tertiary/aromatic N) is 3. The van der Waals surface area contributed by atoms with Gasteiger partial charge in [-0.05, 0) is 54.1 Å². The second kappa shape index (κ2) is 12.6. The summed E-state index contributed by atoms with van der Waals surface area (Å²) in [5.41, 5.74) is 3.25. The number of benzene rings is 4. The van der Waals surface area contributed by atoms with E-state index in [1.165, 1.54) is 36.4 Å². The number of carbonyl (C=O) groups excluding carboxylic acids is 2. The van der Waals surface area contributed by atoms with Gasteiger partial charge in [0.1, 0.15) is 30.4 Å². The number of ketones is 2. The van der Waals surface area contributed by atoms with Crippen molar-refractivity contribution in [1.29, 1.82) is 0 Å². The van der Waals surface area contributed by atoms with Crippen LogP contribution in [0.25, 0.3) is 0 Å². The molecule has 0 saturated heterocycles. The summed E-state index contributed by atoms with van der Waals surface area (Å²) in [6, 6.07) is 14.0. The number of carbonyl (C=O) groups is 2. The number of hydrogen-bond acceptors (Lipinski definition) is 18. The summed E-state index contributed by atoms with van der Waals surface area (Å²) < 4.78 is 107. The number of aromatic nitrogens is 3. The van der Waals surface area contributed by atoms with Gasteiger partial charge in [-0.1, -0.05) is 30.3 Å². The van der Waals surface area contributed by atoms with Gasteiger partial charge in [0, 0.05) is 22.5 Å². The van der Waals surface area contributed by atoms with Gasteiger partial charge in [0.25, 0.3) is 0 Å². The van der Waals surface area contributed by atoms with Crippen molar-refractivity contribution in [1.82, 2.24) is 15.0 Å². The van der Waals surface area contributed by atoms with Gasteiger partial charge in [0.15, 0.2) is 11.6 Å². The maximum Gasteiger partial charge on any atom is 0.233 e. The Morgan fingerprint density at radius 1 is 0.588 bits per heavy atom. The van der Waals surface area contributed by atoms with Crippen LogP contribution in [-0.4, -0.2) is 65.4 Å². The fourth-order valence-corrected chi connectivity index (χ4v) is 7.04. The normalized spacial score (nSPS) is 12.9. The first-order valence-corrected chi connectivity index (χ1v) is 18.4. The third kappa shape index (κ3) is 7.07. The number of nitrogens with one attached hydrogen (secondary N) is 3. The zero-order valence-electron chi connectivity index (χ0n) is 24.9. The van der Waals surface area contributed by atoms with Crippen molar-refractivity contribution < 1.29 is 48.5 Å². The molecule has 0 atom stereocenters. The summed E-state index contributed by atoms with van der Waals surface area (Å²) in [7, 11) is -15.3. The van der Waals surface area contributed by atoms with E-state index in [2.05, 4.69) is 30.9 Å². The molecule has 0 amide bonds. The molecule has 0 spiro atoms. The van der Waals surface area contributed by atoms with Gasteiger partial charge in [-0.2, -0.15) is 15.0 Å². The lowest BCUT2D eigenvalue weighted by atomic mass is 9.82. The number of hydrogen-bond donors (Lipinski definition) is 4. The maximum atomic E-state index is 13.6. The molecule has 4 aromatic carbocycles. The standard InChI is InChI=1S/C29H20ClN7O11S3/c30-27-35-28(33-13-4-3-5-15(10-13)49(40,41)42)37-29(36-27)34-18-11-14(8-9-20(18)50(43,44)45)32-19-12-21(51(46,47)48)24(31)23-22(19)25(38)16-6-1-2-7-17(16)26(23)39/h1-12,32H,31H2,(H,40,41,42)(H,43,44,45)(H,46,47,48)(H2,33,34,35,36,37)/p-3. The Bertz CT molecular complexity index is 2670. The quantitative estimate of drug-likeness (QED) is 0.121. The SMILES string of the molecule is Nc1c(S(=O)(=O)[O-])cc(Nc2ccc(S(=O)(=O)[O-])c(Nc3nc(Cl)nc(Nc4cccc(S(=O)(=O)[O-])c4)n3)c2)c2c1C(=O)c1ccccc1C2=O. The van der Waals surface area contributed by atoms with E-state index in [0.717, 1.165) is 36.4 Å². The molecule has 262 valence electrons. The van der Waals surface area contributed by atoms with Crippen LogP contribution < -0.4 is 21.7 Å². The van der Waals surface area contributed by atoms with Crippen LogP contribution in [-0.2, 0) is 30.4 Å². The molecule has 51 heavy (non-hydrogen) atoms. The first-order chi connectivity index (χ1) is 23.8. The van der Waals surface area contributed by atoms with Crippen LogP contribution in [0.4, 0.5) is 40.3 Å². The minimum Gasteiger partial charge on any atom is -0.744 e. The zero-order valence-corrected chi connectivity index (χ0v) is 28.1. The lowest BCUT2D eigenvalue weighted by Gasteiger charge is -2.25. The lowest BCUT2D eigenvalue weighted by Crippen LogP contribution is -2.25. The van der Waals surface area contributed by atoms with E-state index in [0.29, 0.717) is 0 Å². The average molecular weight is 771 g/mol. The van der Waals surface area contributed by atoms with Crippen molar-refractivity contribution in [2.24, 2.45) is 0 Å². The fraction of sp³-hybridized carbons (Fsp3) is 0. The van der Waals surface area contributed by atoms with Crippen molar-refractivity contribution in [3.8, 4) is 0 Å². The highest BCUT2D eigenvalue weighted by Crippen LogP contribution is 2.40. The summed E-state index contributed by atoms with van der Waals surface area (Å²) in [6.07, 6.45) is 0. The second-order valence-electron chi connectivity index (χ2n) is 10.5. The minimum absolute atomic E-state index is 0.0381. The summed E-state index contributed by atoms with van der Waals surface area (Å²) in [4.78, 5) is 36.4. The van der Waals surface area contributed by atoms with Gasteiger partial charge < -0.3 is 35.3 Å². The molecule has 1 heterocycles. The predicted octanol–water partition coefficient (Wildman–Crippen LogP) is 2.83. The summed E-state index contributed by atoms with van der Waals surface area (Å²) in [5.74, 6) is -2.35. The van der Waals surface area contributed by atoms with Gasteiger partial charge >= 0.3 is 0 Å². The van der Waals surface area contributed by atoms with Crippen LogP contribution in [0.15, 0.2) is 87.5 Å². The predicted molar refractivity (Wildman–Crippen MR) is 176 cm³/mol. The smallest absolute Gasteiger partial charge is 0.233 e. The van der Waals surface area contributed by atoms with Crippen LogP contribution in [0.3, 0.4) is 0 Å². The van der Waals surface area contributed by atoms with E-state index >= 15 is 0 Å². The molecule has 0 radical (unpaired) electrons. The van der Waals surface area contributed by atoms with Crippen LogP contribution in [0.5, 0.6) is 0 Å². The van der Waals surface area contributed by atoms with Crippen molar-refractivity contribution >= 4 is 93.9 Å². The molecule has 6 rings (SSSR count). The van der Waals surface area contributed by atoms with Gasteiger partial charge in [-0.25, -0.2) is 25.3 Å². The van der Waals surface area contributed by atoms with Gasteiger partial charge in [-0.15, -0.1) is 0 Å². The molecule has 1 aliphatic carbocycles. The van der Waals surface area contributed by atoms with Gasteiger partial charge in [0.2, 0.25) is 17.2 Å². The molecule has 0 fully saturated rings. The molecule has 0 bridgehead atoms. The Morgan fingerprint density at radius 3 is 1.78 bits per heavy atom. The highest BCUT2D eigenvalue weighted by Gasteiger charge is 2.35. The van der Waals surface area contributed by atoms with E-state index in [4.69, 9.17) is 17.3 Å². The molecule has 22 heteroatoms. The van der Waals surface area contributed by atoms with Crippen LogP contribution in [0.1, 0.15) is 31.8 Å². The van der Waals surface area contributed by atoms with E-state index in [9.17, 15) is 48.5 Å². The second-order valence-corrected chi connectivity index (χ2v) is 14.9. The number of fused-ring (bicyclic) bond motifs is 2. The molecule has 1 aliphatic rings. The zero-order chi connectivity index (χ0) is 37.0. The van der Waals surface area contributed by atoms with E-state index in [1.54, 1.807) is 0 Å². The largest absolute Gasteiger partial charge is 0.744 e. The summed E-state index contributed by atoms with van der Waals surface area (Å²) in [6.45, 7) is 0. The van der Waals surface area contributed by atoms with E-state index < -0.39 is 84.8 Å². The van der Waals surface area contributed by atoms with Crippen molar-refractivity contribution in [2.75, 3.05) is 21.7 Å². The molecular formula is C29H17ClN7O11S3-3. The molecule has 18 nitrogen and oxygen atoms in total. The average Bonchev–Trinajstić information content (AvgIpc) is 3.02. The Hall–Kier alpha value is -5.55. The molecule has 1 aromatic heterocycles. The highest BCUT2D eigenvalue weighted by molar-refractivity contribution is 7.86. The maximum absolute atomic E-state index is 13.6. The van der Waals surface area contributed by atoms with Crippen molar-refractivity contribution in [3.63, 3.8) is 0 Å². The Morgan fingerprint density at radius 2 is 1.18 bits per heavy atom. The number of anilines is 7. The Kier molecular flexibility index (Phi) is 8.75. The minimum atomic E-state index is -5.31. The molecule has 5 N–H and O–H groups in total. The van der Waals surface area contributed by atoms with Gasteiger partial charge in [-0.3, -0.25) is 9.59 Å². The summed E-state index contributed by atoms with van der Waals surface area (Å²) >= 11 is 6.02. The van der Waals surface area contributed by atoms with Crippen LogP contribution in [0.2, 0.25) is 5.28 Å². The Balaban J connectivity index is 1.42.